The Morgan fingerprint density at radius 3 is 2.13 bits per heavy atom. The lowest BCUT2D eigenvalue weighted by molar-refractivity contribution is -0.182. The lowest BCUT2D eigenvalue weighted by Gasteiger charge is -2.31. The Kier molecular flexibility index (Phi) is 16.8. The minimum absolute atomic E-state index is 0.00789. The summed E-state index contributed by atoms with van der Waals surface area (Å²) in [6.45, 7) is 7.16. The standard InChI is InChI=1S/C25H42O5/c1-5-7-8-9-10-11-12-13-14-15-16-17-18-19-20-25(21-22(3)26,24(28)29-4)30-23(27)6-2/h6,10-11,13-14,22,26H,2,5,7-9,12,15-21H2,1,3-4H3/b11-10-,14-13-. The van der Waals surface area contributed by atoms with Gasteiger partial charge in [0.2, 0.25) is 5.60 Å². The molecule has 0 aromatic heterocycles. The molecule has 0 saturated carbocycles. The van der Waals surface area contributed by atoms with Gasteiger partial charge >= 0.3 is 11.9 Å². The predicted molar refractivity (Wildman–Crippen MR) is 122 cm³/mol. The van der Waals surface area contributed by atoms with Gasteiger partial charge in [-0.05, 0) is 51.9 Å². The van der Waals surface area contributed by atoms with Crippen molar-refractivity contribution in [1.29, 1.82) is 0 Å². The predicted octanol–water partition coefficient (Wildman–Crippen LogP) is 5.82. The van der Waals surface area contributed by atoms with Crippen LogP contribution < -0.4 is 0 Å². The first kappa shape index (κ1) is 28.1. The molecule has 5 heteroatoms. The number of aliphatic hydroxyl groups is 1. The third-order valence-electron chi connectivity index (χ3n) is 4.93. The van der Waals surface area contributed by atoms with Crippen LogP contribution in [0.4, 0.5) is 0 Å². The summed E-state index contributed by atoms with van der Waals surface area (Å²) in [6.07, 6.45) is 20.2. The van der Waals surface area contributed by atoms with E-state index in [0.29, 0.717) is 12.8 Å². The lowest BCUT2D eigenvalue weighted by Crippen LogP contribution is -2.46. The molecule has 0 bridgehead atoms. The largest absolute Gasteiger partial charge is 0.466 e. The highest BCUT2D eigenvalue weighted by atomic mass is 16.6. The maximum atomic E-state index is 12.3. The monoisotopic (exact) mass is 422 g/mol. The van der Waals surface area contributed by atoms with Crippen molar-refractivity contribution in [2.45, 2.75) is 103 Å². The normalized spacial score (nSPS) is 14.5. The molecule has 0 amide bonds. The molecule has 0 heterocycles. The van der Waals surface area contributed by atoms with Gasteiger partial charge in [0.25, 0.3) is 0 Å². The van der Waals surface area contributed by atoms with E-state index in [-0.39, 0.29) is 6.42 Å². The fraction of sp³-hybridized carbons (Fsp3) is 0.680. The number of carbonyl (C=O) groups excluding carboxylic acids is 2. The van der Waals surface area contributed by atoms with E-state index in [4.69, 9.17) is 9.47 Å². The van der Waals surface area contributed by atoms with Crippen LogP contribution in [-0.2, 0) is 19.1 Å². The topological polar surface area (TPSA) is 72.8 Å². The highest BCUT2D eigenvalue weighted by Gasteiger charge is 2.43. The number of carbonyl (C=O) groups is 2. The summed E-state index contributed by atoms with van der Waals surface area (Å²) in [5.41, 5.74) is -1.46. The van der Waals surface area contributed by atoms with Gasteiger partial charge in [-0.2, -0.15) is 0 Å². The third-order valence-corrected chi connectivity index (χ3v) is 4.93. The van der Waals surface area contributed by atoms with E-state index in [0.717, 1.165) is 38.2 Å². The molecule has 2 unspecified atom stereocenters. The summed E-state index contributed by atoms with van der Waals surface area (Å²) in [5.74, 6) is -1.32. The van der Waals surface area contributed by atoms with Crippen LogP contribution >= 0.6 is 0 Å². The van der Waals surface area contributed by atoms with Gasteiger partial charge in [-0.3, -0.25) is 0 Å². The van der Waals surface area contributed by atoms with Gasteiger partial charge in [0.15, 0.2) is 0 Å². The molecule has 0 saturated heterocycles. The first-order valence-electron chi connectivity index (χ1n) is 11.3. The summed E-state index contributed by atoms with van der Waals surface area (Å²) in [5, 5.41) is 9.80. The molecular weight excluding hydrogens is 380 g/mol. The molecule has 0 radical (unpaired) electrons. The van der Waals surface area contributed by atoms with Gasteiger partial charge in [-0.25, -0.2) is 9.59 Å². The molecule has 0 aromatic rings. The van der Waals surface area contributed by atoms with Gasteiger partial charge in [-0.15, -0.1) is 0 Å². The van der Waals surface area contributed by atoms with Crippen molar-refractivity contribution < 1.29 is 24.2 Å². The zero-order valence-corrected chi connectivity index (χ0v) is 19.2. The van der Waals surface area contributed by atoms with E-state index in [9.17, 15) is 14.7 Å². The molecule has 0 aliphatic heterocycles. The lowest BCUT2D eigenvalue weighted by atomic mass is 9.89. The number of allylic oxidation sites excluding steroid dienone is 4. The Labute approximate surface area is 183 Å². The Bertz CT molecular complexity index is 536. The van der Waals surface area contributed by atoms with E-state index >= 15 is 0 Å². The molecule has 2 atom stereocenters. The average molecular weight is 423 g/mol. The summed E-state index contributed by atoms with van der Waals surface area (Å²) >= 11 is 0. The van der Waals surface area contributed by atoms with Crippen molar-refractivity contribution >= 4 is 11.9 Å². The van der Waals surface area contributed by atoms with Gasteiger partial charge in [0, 0.05) is 12.5 Å². The second-order valence-corrected chi connectivity index (χ2v) is 7.79. The van der Waals surface area contributed by atoms with Crippen LogP contribution in [0.1, 0.15) is 90.9 Å². The fourth-order valence-corrected chi connectivity index (χ4v) is 3.36. The molecule has 1 N–H and O–H groups in total. The molecule has 172 valence electrons. The number of aliphatic hydroxyl groups excluding tert-OH is 1. The molecule has 5 nitrogen and oxygen atoms in total. The Morgan fingerprint density at radius 1 is 1.00 bits per heavy atom. The van der Waals surface area contributed by atoms with E-state index in [1.165, 1.54) is 32.8 Å². The molecule has 0 spiro atoms. The van der Waals surface area contributed by atoms with Crippen molar-refractivity contribution in [3.05, 3.63) is 37.0 Å². The van der Waals surface area contributed by atoms with Crippen LogP contribution in [0.25, 0.3) is 0 Å². The molecule has 30 heavy (non-hydrogen) atoms. The first-order valence-corrected chi connectivity index (χ1v) is 11.3. The van der Waals surface area contributed by atoms with Crippen molar-refractivity contribution in [1.82, 2.24) is 0 Å². The Balaban J connectivity index is 4.27. The molecule has 0 aromatic carbocycles. The van der Waals surface area contributed by atoms with Gasteiger partial charge < -0.3 is 14.6 Å². The van der Waals surface area contributed by atoms with Crippen LogP contribution in [0.3, 0.4) is 0 Å². The van der Waals surface area contributed by atoms with Crippen molar-refractivity contribution in [2.24, 2.45) is 0 Å². The maximum absolute atomic E-state index is 12.3. The minimum Gasteiger partial charge on any atom is -0.466 e. The molecule has 0 aliphatic carbocycles. The second kappa shape index (κ2) is 17.9. The number of hydrogen-bond donors (Lipinski definition) is 1. The number of unbranched alkanes of at least 4 members (excludes halogenated alkanes) is 7. The van der Waals surface area contributed by atoms with Crippen molar-refractivity contribution in [3.8, 4) is 0 Å². The molecular formula is C25H42O5. The van der Waals surface area contributed by atoms with Crippen LogP contribution in [0.5, 0.6) is 0 Å². The van der Waals surface area contributed by atoms with Crippen LogP contribution in [-0.4, -0.2) is 35.9 Å². The van der Waals surface area contributed by atoms with Gasteiger partial charge in [0.05, 0.1) is 13.2 Å². The van der Waals surface area contributed by atoms with Gasteiger partial charge in [0.1, 0.15) is 0 Å². The molecule has 0 rings (SSSR count). The van der Waals surface area contributed by atoms with E-state index in [2.05, 4.69) is 37.8 Å². The maximum Gasteiger partial charge on any atom is 0.350 e. The summed E-state index contributed by atoms with van der Waals surface area (Å²) in [4.78, 5) is 24.1. The summed E-state index contributed by atoms with van der Waals surface area (Å²) in [7, 11) is 1.26. The SMILES string of the molecule is C=CC(=O)OC(CCCCCC/C=C\C/C=C\CCCCC)(CC(C)O)C(=O)OC. The summed E-state index contributed by atoms with van der Waals surface area (Å²) < 4.78 is 10.2. The Morgan fingerprint density at radius 2 is 1.60 bits per heavy atom. The smallest absolute Gasteiger partial charge is 0.350 e. The van der Waals surface area contributed by atoms with E-state index < -0.39 is 23.6 Å². The van der Waals surface area contributed by atoms with Crippen LogP contribution in [0.2, 0.25) is 0 Å². The number of hydrogen-bond acceptors (Lipinski definition) is 5. The van der Waals surface area contributed by atoms with E-state index in [1.54, 1.807) is 6.92 Å². The zero-order valence-electron chi connectivity index (χ0n) is 19.2. The van der Waals surface area contributed by atoms with Crippen LogP contribution in [0, 0.1) is 0 Å². The van der Waals surface area contributed by atoms with E-state index in [1.807, 2.05) is 0 Å². The van der Waals surface area contributed by atoms with Crippen molar-refractivity contribution in [2.75, 3.05) is 7.11 Å². The number of rotatable bonds is 18. The third kappa shape index (κ3) is 13.4. The zero-order chi connectivity index (χ0) is 22.7. The second-order valence-electron chi connectivity index (χ2n) is 7.79. The van der Waals surface area contributed by atoms with Crippen LogP contribution in [0.15, 0.2) is 37.0 Å². The molecule has 0 fully saturated rings. The Hall–Kier alpha value is -1.88. The quantitative estimate of drug-likeness (QED) is 0.130. The number of ether oxygens (including phenoxy) is 2. The highest BCUT2D eigenvalue weighted by Crippen LogP contribution is 2.28. The highest BCUT2D eigenvalue weighted by molar-refractivity contribution is 5.87. The minimum atomic E-state index is -1.46. The summed E-state index contributed by atoms with van der Waals surface area (Å²) in [6, 6.07) is 0. The fourth-order valence-electron chi connectivity index (χ4n) is 3.36. The number of methoxy groups -OCH3 is 1. The van der Waals surface area contributed by atoms with Gasteiger partial charge in [-0.1, -0.05) is 63.5 Å². The van der Waals surface area contributed by atoms with Crippen molar-refractivity contribution in [3.63, 3.8) is 0 Å². The average Bonchev–Trinajstić information content (AvgIpc) is 2.72. The number of esters is 2. The molecule has 0 aliphatic rings. The first-order chi connectivity index (χ1) is 14.4.